The molecule has 2 aromatic rings. The molecule has 0 spiro atoms. The van der Waals surface area contributed by atoms with Gasteiger partial charge in [-0.3, -0.25) is 4.79 Å². The average Bonchev–Trinajstić information content (AvgIpc) is 2.58. The Bertz CT molecular complexity index is 631. The van der Waals surface area contributed by atoms with Crippen molar-refractivity contribution in [1.29, 1.82) is 0 Å². The summed E-state index contributed by atoms with van der Waals surface area (Å²) >= 11 is 5.84. The standard InChI is InChI=1S/C17H21ClN4O/c1-2-3-4-9-19-16-10-15(21-12-22-16)17(23)20-11-13-5-7-14(18)8-6-13/h5-8,10,12H,2-4,9,11H2,1H3,(H,20,23)(H,19,21,22). The van der Waals surface area contributed by atoms with Gasteiger partial charge in [0.2, 0.25) is 0 Å². The third kappa shape index (κ3) is 5.87. The van der Waals surface area contributed by atoms with Crippen molar-refractivity contribution < 1.29 is 4.79 Å². The molecule has 122 valence electrons. The van der Waals surface area contributed by atoms with Gasteiger partial charge >= 0.3 is 0 Å². The molecular formula is C17H21ClN4O. The molecule has 0 atom stereocenters. The molecule has 1 heterocycles. The molecule has 1 amide bonds. The van der Waals surface area contributed by atoms with Crippen LogP contribution in [0.4, 0.5) is 5.82 Å². The lowest BCUT2D eigenvalue weighted by atomic mass is 10.2. The SMILES string of the molecule is CCCCCNc1cc(C(=O)NCc2ccc(Cl)cc2)ncn1. The second-order valence-corrected chi connectivity index (χ2v) is 5.67. The highest BCUT2D eigenvalue weighted by molar-refractivity contribution is 6.30. The molecule has 0 aliphatic rings. The number of nitrogens with one attached hydrogen (secondary N) is 2. The summed E-state index contributed by atoms with van der Waals surface area (Å²) in [6, 6.07) is 9.02. The maximum atomic E-state index is 12.2. The van der Waals surface area contributed by atoms with E-state index in [9.17, 15) is 4.79 Å². The topological polar surface area (TPSA) is 66.9 Å². The summed E-state index contributed by atoms with van der Waals surface area (Å²) in [6.45, 7) is 3.43. The molecule has 0 aliphatic carbocycles. The zero-order chi connectivity index (χ0) is 16.5. The van der Waals surface area contributed by atoms with Crippen molar-refractivity contribution in [2.75, 3.05) is 11.9 Å². The van der Waals surface area contributed by atoms with Crippen molar-refractivity contribution in [3.63, 3.8) is 0 Å². The number of carbonyl (C=O) groups excluding carboxylic acids is 1. The molecular weight excluding hydrogens is 312 g/mol. The van der Waals surface area contributed by atoms with E-state index in [4.69, 9.17) is 11.6 Å². The molecule has 0 fully saturated rings. The Kier molecular flexibility index (Phi) is 6.81. The van der Waals surface area contributed by atoms with Crippen LogP contribution >= 0.6 is 11.6 Å². The number of halogens is 1. The van der Waals surface area contributed by atoms with E-state index >= 15 is 0 Å². The zero-order valence-electron chi connectivity index (χ0n) is 13.2. The summed E-state index contributed by atoms with van der Waals surface area (Å²) in [7, 11) is 0. The molecule has 2 rings (SSSR count). The minimum atomic E-state index is -0.223. The summed E-state index contributed by atoms with van der Waals surface area (Å²) in [5.41, 5.74) is 1.33. The molecule has 0 saturated carbocycles. The van der Waals surface area contributed by atoms with Gasteiger partial charge in [0, 0.05) is 24.2 Å². The van der Waals surface area contributed by atoms with Crippen LogP contribution in [0.2, 0.25) is 5.02 Å². The predicted octanol–water partition coefficient (Wildman–Crippen LogP) is 3.66. The van der Waals surface area contributed by atoms with Gasteiger partial charge in [-0.2, -0.15) is 0 Å². The highest BCUT2D eigenvalue weighted by Crippen LogP contribution is 2.10. The van der Waals surface area contributed by atoms with Crippen molar-refractivity contribution in [3.05, 3.63) is 52.9 Å². The molecule has 0 unspecified atom stereocenters. The van der Waals surface area contributed by atoms with E-state index in [0.717, 1.165) is 18.5 Å². The van der Waals surface area contributed by atoms with E-state index in [0.29, 0.717) is 23.1 Å². The lowest BCUT2D eigenvalue weighted by Crippen LogP contribution is -2.24. The van der Waals surface area contributed by atoms with Crippen molar-refractivity contribution in [2.24, 2.45) is 0 Å². The summed E-state index contributed by atoms with van der Waals surface area (Å²) in [5, 5.41) is 6.72. The normalized spacial score (nSPS) is 10.3. The van der Waals surface area contributed by atoms with Crippen molar-refractivity contribution in [2.45, 2.75) is 32.7 Å². The van der Waals surface area contributed by atoms with Crippen LogP contribution in [-0.2, 0) is 6.54 Å². The van der Waals surface area contributed by atoms with Gasteiger partial charge in [0.25, 0.3) is 5.91 Å². The average molecular weight is 333 g/mol. The lowest BCUT2D eigenvalue weighted by molar-refractivity contribution is 0.0946. The minimum absolute atomic E-state index is 0.223. The van der Waals surface area contributed by atoms with Crippen molar-refractivity contribution in [1.82, 2.24) is 15.3 Å². The lowest BCUT2D eigenvalue weighted by Gasteiger charge is -2.07. The highest BCUT2D eigenvalue weighted by Gasteiger charge is 2.08. The van der Waals surface area contributed by atoms with Crippen molar-refractivity contribution >= 4 is 23.3 Å². The number of rotatable bonds is 8. The van der Waals surface area contributed by atoms with E-state index in [2.05, 4.69) is 27.5 Å². The molecule has 5 nitrogen and oxygen atoms in total. The summed E-state index contributed by atoms with van der Waals surface area (Å²) in [4.78, 5) is 20.3. The van der Waals surface area contributed by atoms with Crippen LogP contribution in [0.15, 0.2) is 36.7 Å². The second-order valence-electron chi connectivity index (χ2n) is 5.23. The Morgan fingerprint density at radius 3 is 2.70 bits per heavy atom. The number of nitrogens with zero attached hydrogens (tertiary/aromatic N) is 2. The molecule has 23 heavy (non-hydrogen) atoms. The molecule has 1 aromatic carbocycles. The van der Waals surface area contributed by atoms with E-state index in [1.54, 1.807) is 18.2 Å². The second kappa shape index (κ2) is 9.10. The van der Waals surface area contributed by atoms with Crippen LogP contribution < -0.4 is 10.6 Å². The fourth-order valence-electron chi connectivity index (χ4n) is 2.04. The summed E-state index contributed by atoms with van der Waals surface area (Å²) in [5.74, 6) is 0.451. The molecule has 0 radical (unpaired) electrons. The number of amides is 1. The van der Waals surface area contributed by atoms with Gasteiger partial charge in [-0.05, 0) is 24.1 Å². The third-order valence-electron chi connectivity index (χ3n) is 3.35. The van der Waals surface area contributed by atoms with E-state index in [1.165, 1.54) is 19.2 Å². The first kappa shape index (κ1) is 17.2. The number of unbranched alkanes of at least 4 members (excludes halogenated alkanes) is 2. The first-order valence-electron chi connectivity index (χ1n) is 7.77. The van der Waals surface area contributed by atoms with E-state index in [1.807, 2.05) is 12.1 Å². The smallest absolute Gasteiger partial charge is 0.270 e. The molecule has 0 aliphatic heterocycles. The van der Waals surface area contributed by atoms with Gasteiger partial charge < -0.3 is 10.6 Å². The number of anilines is 1. The van der Waals surface area contributed by atoms with Gasteiger partial charge in [-0.25, -0.2) is 9.97 Å². The first-order valence-corrected chi connectivity index (χ1v) is 8.15. The van der Waals surface area contributed by atoms with Crippen molar-refractivity contribution in [3.8, 4) is 0 Å². The van der Waals surface area contributed by atoms with Gasteiger partial charge in [-0.15, -0.1) is 0 Å². The quantitative estimate of drug-likeness (QED) is 0.724. The first-order chi connectivity index (χ1) is 11.2. The van der Waals surface area contributed by atoms with Crippen LogP contribution in [0.3, 0.4) is 0 Å². The minimum Gasteiger partial charge on any atom is -0.370 e. The number of hydrogen-bond donors (Lipinski definition) is 2. The Hall–Kier alpha value is -2.14. The van der Waals surface area contributed by atoms with Gasteiger partial charge in [-0.1, -0.05) is 43.5 Å². The maximum Gasteiger partial charge on any atom is 0.270 e. The molecule has 0 saturated heterocycles. The Labute approximate surface area is 141 Å². The largest absolute Gasteiger partial charge is 0.370 e. The van der Waals surface area contributed by atoms with Crippen LogP contribution in [0.5, 0.6) is 0 Å². The van der Waals surface area contributed by atoms with Crippen LogP contribution in [0, 0.1) is 0 Å². The summed E-state index contributed by atoms with van der Waals surface area (Å²) < 4.78 is 0. The predicted molar refractivity (Wildman–Crippen MR) is 92.7 cm³/mol. The Morgan fingerprint density at radius 1 is 1.17 bits per heavy atom. The highest BCUT2D eigenvalue weighted by atomic mass is 35.5. The monoisotopic (exact) mass is 332 g/mol. The fraction of sp³-hybridized carbons (Fsp3) is 0.353. The maximum absolute atomic E-state index is 12.2. The molecule has 2 N–H and O–H groups in total. The number of benzene rings is 1. The van der Waals surface area contributed by atoms with E-state index in [-0.39, 0.29) is 5.91 Å². The third-order valence-corrected chi connectivity index (χ3v) is 3.60. The number of hydrogen-bond acceptors (Lipinski definition) is 4. The molecule has 0 bridgehead atoms. The van der Waals surface area contributed by atoms with E-state index < -0.39 is 0 Å². The summed E-state index contributed by atoms with van der Waals surface area (Å²) in [6.07, 6.45) is 4.83. The van der Waals surface area contributed by atoms with Crippen LogP contribution in [-0.4, -0.2) is 22.4 Å². The Balaban J connectivity index is 1.87. The number of aromatic nitrogens is 2. The van der Waals surface area contributed by atoms with Crippen LogP contribution in [0.25, 0.3) is 0 Å². The van der Waals surface area contributed by atoms with Gasteiger partial charge in [0.1, 0.15) is 17.8 Å². The number of carbonyl (C=O) groups is 1. The Morgan fingerprint density at radius 2 is 1.96 bits per heavy atom. The fourth-order valence-corrected chi connectivity index (χ4v) is 2.17. The van der Waals surface area contributed by atoms with Gasteiger partial charge in [0.05, 0.1) is 0 Å². The van der Waals surface area contributed by atoms with Gasteiger partial charge in [0.15, 0.2) is 0 Å². The molecule has 1 aromatic heterocycles. The zero-order valence-corrected chi connectivity index (χ0v) is 13.9. The molecule has 6 heteroatoms. The van der Waals surface area contributed by atoms with Crippen LogP contribution in [0.1, 0.15) is 42.2 Å².